The Balaban J connectivity index is 1.71. The van der Waals surface area contributed by atoms with Crippen LogP contribution in [0, 0.1) is 5.41 Å². The lowest BCUT2D eigenvalue weighted by Gasteiger charge is -2.40. The fraction of sp³-hybridized carbons (Fsp3) is 0.474. The van der Waals surface area contributed by atoms with Gasteiger partial charge in [-0.05, 0) is 31.7 Å². The number of hydrogen-bond acceptors (Lipinski definition) is 3. The molecule has 4 nitrogen and oxygen atoms in total. The molecule has 0 aliphatic heterocycles. The Labute approximate surface area is 137 Å². The van der Waals surface area contributed by atoms with Crippen molar-refractivity contribution < 1.29 is 9.53 Å². The van der Waals surface area contributed by atoms with Crippen LogP contribution in [0.15, 0.2) is 42.9 Å². The molecule has 23 heavy (non-hydrogen) atoms. The fourth-order valence-corrected chi connectivity index (χ4v) is 3.23. The number of carbonyl (C=O) groups is 1. The molecular weight excluding hydrogens is 288 g/mol. The lowest BCUT2D eigenvalue weighted by molar-refractivity contribution is -0.000820. The Morgan fingerprint density at radius 1 is 1.35 bits per heavy atom. The first-order valence-electron chi connectivity index (χ1n) is 8.39. The maximum absolute atomic E-state index is 12.5. The standard InChI is InChI=1S/C19H24N2O2/c1-3-19(10-7-11-19)13-23-18(22)17-12-20-14-21(17)15(2)16-8-5-4-6-9-16/h4-6,8-9,12,14-15H,3,7,10-11,13H2,1-2H3/t15-/m1/s1. The van der Waals surface area contributed by atoms with Crippen molar-refractivity contribution in [2.75, 3.05) is 6.61 Å². The zero-order chi connectivity index (χ0) is 16.3. The van der Waals surface area contributed by atoms with Gasteiger partial charge in [0.15, 0.2) is 0 Å². The van der Waals surface area contributed by atoms with Crippen LogP contribution in [-0.4, -0.2) is 22.1 Å². The number of esters is 1. The van der Waals surface area contributed by atoms with E-state index in [1.807, 2.05) is 22.8 Å². The van der Waals surface area contributed by atoms with Gasteiger partial charge in [-0.1, -0.05) is 43.7 Å². The number of aromatic nitrogens is 2. The number of ether oxygens (including phenoxy) is 1. The summed E-state index contributed by atoms with van der Waals surface area (Å²) in [4.78, 5) is 16.6. The maximum Gasteiger partial charge on any atom is 0.356 e. The summed E-state index contributed by atoms with van der Waals surface area (Å²) in [7, 11) is 0. The molecule has 1 aromatic heterocycles. The van der Waals surface area contributed by atoms with Gasteiger partial charge in [-0.2, -0.15) is 0 Å². The fourth-order valence-electron chi connectivity index (χ4n) is 3.23. The molecule has 4 heteroatoms. The quantitative estimate of drug-likeness (QED) is 0.750. The molecule has 1 fully saturated rings. The van der Waals surface area contributed by atoms with E-state index < -0.39 is 0 Å². The molecular formula is C19H24N2O2. The minimum Gasteiger partial charge on any atom is -0.460 e. The van der Waals surface area contributed by atoms with Crippen LogP contribution < -0.4 is 0 Å². The van der Waals surface area contributed by atoms with E-state index in [-0.39, 0.29) is 17.4 Å². The van der Waals surface area contributed by atoms with Gasteiger partial charge in [0.1, 0.15) is 5.69 Å². The van der Waals surface area contributed by atoms with Crippen LogP contribution in [0.1, 0.15) is 61.6 Å². The van der Waals surface area contributed by atoms with Gasteiger partial charge < -0.3 is 9.30 Å². The molecule has 3 rings (SSSR count). The van der Waals surface area contributed by atoms with E-state index in [2.05, 4.69) is 31.0 Å². The Kier molecular flexibility index (Phi) is 4.51. The Hall–Kier alpha value is -2.10. The lowest BCUT2D eigenvalue weighted by Crippen LogP contribution is -2.35. The van der Waals surface area contributed by atoms with E-state index in [0.717, 1.165) is 24.8 Å². The number of imidazole rings is 1. The molecule has 0 bridgehead atoms. The van der Waals surface area contributed by atoms with E-state index in [1.54, 1.807) is 12.5 Å². The van der Waals surface area contributed by atoms with Crippen molar-refractivity contribution in [1.29, 1.82) is 0 Å². The number of carbonyl (C=O) groups excluding carboxylic acids is 1. The molecule has 0 spiro atoms. The summed E-state index contributed by atoms with van der Waals surface area (Å²) < 4.78 is 7.50. The molecule has 1 aliphatic rings. The van der Waals surface area contributed by atoms with Crippen LogP contribution in [0.3, 0.4) is 0 Å². The minimum atomic E-state index is -0.273. The zero-order valence-electron chi connectivity index (χ0n) is 13.9. The molecule has 0 N–H and O–H groups in total. The summed E-state index contributed by atoms with van der Waals surface area (Å²) in [6, 6.07) is 10.2. The van der Waals surface area contributed by atoms with E-state index in [9.17, 15) is 4.79 Å². The molecule has 1 aromatic carbocycles. The van der Waals surface area contributed by atoms with Crippen LogP contribution in [0.2, 0.25) is 0 Å². The van der Waals surface area contributed by atoms with E-state index >= 15 is 0 Å². The first-order chi connectivity index (χ1) is 11.2. The first kappa shape index (κ1) is 15.8. The molecule has 1 atom stereocenters. The number of nitrogens with zero attached hydrogens (tertiary/aromatic N) is 2. The summed E-state index contributed by atoms with van der Waals surface area (Å²) in [5.41, 5.74) is 1.88. The molecule has 0 radical (unpaired) electrons. The minimum absolute atomic E-state index is 0.0464. The van der Waals surface area contributed by atoms with Crippen molar-refractivity contribution >= 4 is 5.97 Å². The first-order valence-corrected chi connectivity index (χ1v) is 8.39. The molecule has 0 amide bonds. The van der Waals surface area contributed by atoms with Crippen molar-refractivity contribution in [1.82, 2.24) is 9.55 Å². The van der Waals surface area contributed by atoms with Gasteiger partial charge in [0.2, 0.25) is 0 Å². The highest BCUT2D eigenvalue weighted by atomic mass is 16.5. The highest BCUT2D eigenvalue weighted by Crippen LogP contribution is 2.44. The molecule has 122 valence electrons. The van der Waals surface area contributed by atoms with Crippen molar-refractivity contribution in [2.45, 2.75) is 45.6 Å². The second-order valence-corrected chi connectivity index (χ2v) is 6.56. The van der Waals surface area contributed by atoms with Crippen molar-refractivity contribution in [2.24, 2.45) is 5.41 Å². The largest absolute Gasteiger partial charge is 0.460 e. The summed E-state index contributed by atoms with van der Waals surface area (Å²) in [5.74, 6) is -0.273. The van der Waals surface area contributed by atoms with Crippen LogP contribution >= 0.6 is 0 Å². The summed E-state index contributed by atoms with van der Waals surface area (Å²) in [6.07, 6.45) is 7.94. The predicted molar refractivity (Wildman–Crippen MR) is 89.3 cm³/mol. The maximum atomic E-state index is 12.5. The van der Waals surface area contributed by atoms with Gasteiger partial charge in [-0.3, -0.25) is 0 Å². The molecule has 0 unspecified atom stereocenters. The van der Waals surface area contributed by atoms with Crippen molar-refractivity contribution in [3.05, 3.63) is 54.1 Å². The molecule has 2 aromatic rings. The summed E-state index contributed by atoms with van der Waals surface area (Å²) in [6.45, 7) is 4.76. The second kappa shape index (κ2) is 6.57. The Morgan fingerprint density at radius 3 is 2.70 bits per heavy atom. The number of hydrogen-bond donors (Lipinski definition) is 0. The SMILES string of the molecule is CCC1(COC(=O)c2cncn2[C@H](C)c2ccccc2)CCC1. The third-order valence-corrected chi connectivity index (χ3v) is 5.25. The van der Waals surface area contributed by atoms with Gasteiger partial charge >= 0.3 is 5.97 Å². The number of benzene rings is 1. The van der Waals surface area contributed by atoms with E-state index in [4.69, 9.17) is 4.74 Å². The van der Waals surface area contributed by atoms with Crippen LogP contribution in [0.4, 0.5) is 0 Å². The van der Waals surface area contributed by atoms with Gasteiger partial charge in [-0.25, -0.2) is 9.78 Å². The average molecular weight is 312 g/mol. The summed E-state index contributed by atoms with van der Waals surface area (Å²) >= 11 is 0. The smallest absolute Gasteiger partial charge is 0.356 e. The van der Waals surface area contributed by atoms with E-state index in [1.165, 1.54) is 6.42 Å². The molecule has 1 aliphatic carbocycles. The van der Waals surface area contributed by atoms with Gasteiger partial charge in [0, 0.05) is 5.41 Å². The highest BCUT2D eigenvalue weighted by Gasteiger charge is 2.36. The third kappa shape index (κ3) is 3.16. The second-order valence-electron chi connectivity index (χ2n) is 6.56. The Bertz CT molecular complexity index is 654. The lowest BCUT2D eigenvalue weighted by atomic mass is 9.68. The van der Waals surface area contributed by atoms with Gasteiger partial charge in [0.25, 0.3) is 0 Å². The highest BCUT2D eigenvalue weighted by molar-refractivity contribution is 5.87. The van der Waals surface area contributed by atoms with Crippen molar-refractivity contribution in [3.8, 4) is 0 Å². The van der Waals surface area contributed by atoms with Crippen LogP contribution in [0.5, 0.6) is 0 Å². The Morgan fingerprint density at radius 2 is 2.09 bits per heavy atom. The topological polar surface area (TPSA) is 44.1 Å². The average Bonchev–Trinajstić information content (AvgIpc) is 3.04. The van der Waals surface area contributed by atoms with Crippen LogP contribution in [0.25, 0.3) is 0 Å². The molecule has 1 saturated carbocycles. The monoisotopic (exact) mass is 312 g/mol. The predicted octanol–water partition coefficient (Wildman–Crippen LogP) is 4.23. The molecule has 1 heterocycles. The summed E-state index contributed by atoms with van der Waals surface area (Å²) in [5, 5.41) is 0. The normalized spacial score (nSPS) is 17.3. The van der Waals surface area contributed by atoms with Gasteiger partial charge in [0.05, 0.1) is 25.2 Å². The van der Waals surface area contributed by atoms with Crippen molar-refractivity contribution in [3.63, 3.8) is 0 Å². The van der Waals surface area contributed by atoms with E-state index in [0.29, 0.717) is 12.3 Å². The number of rotatable bonds is 6. The molecule has 0 saturated heterocycles. The zero-order valence-corrected chi connectivity index (χ0v) is 13.9. The van der Waals surface area contributed by atoms with Crippen LogP contribution in [-0.2, 0) is 4.74 Å². The van der Waals surface area contributed by atoms with Gasteiger partial charge in [-0.15, -0.1) is 0 Å². The third-order valence-electron chi connectivity index (χ3n) is 5.25.